The average molecular weight is 200 g/mol. The Morgan fingerprint density at radius 2 is 1.93 bits per heavy atom. The van der Waals surface area contributed by atoms with Gasteiger partial charge in [0.2, 0.25) is 0 Å². The Balaban J connectivity index is 2.43. The van der Waals surface area contributed by atoms with Crippen LogP contribution in [0, 0.1) is 0 Å². The smallest absolute Gasteiger partial charge is 0.328 e. The number of hydrogen-bond acceptors (Lipinski definition) is 3. The molecule has 0 unspecified atom stereocenters. The summed E-state index contributed by atoms with van der Waals surface area (Å²) >= 11 is 0. The summed E-state index contributed by atoms with van der Waals surface area (Å²) in [7, 11) is 0. The van der Waals surface area contributed by atoms with E-state index in [0.717, 1.165) is 22.7 Å². The third kappa shape index (κ3) is 2.17. The van der Waals surface area contributed by atoms with Gasteiger partial charge in [-0.15, -0.1) is 0 Å². The standard InChI is InChI=1S/C11H8N2O2/c14-11(15)4-2-8-1-3-9-10(7-8)13-6-5-12-9/h1-7H,(H,14,15). The van der Waals surface area contributed by atoms with Crippen LogP contribution in [-0.4, -0.2) is 21.0 Å². The number of carbonyl (C=O) groups is 1. The predicted molar refractivity (Wildman–Crippen MR) is 56.2 cm³/mol. The number of rotatable bonds is 2. The van der Waals surface area contributed by atoms with E-state index in [1.54, 1.807) is 24.5 Å². The molecule has 0 aliphatic heterocycles. The summed E-state index contributed by atoms with van der Waals surface area (Å²) in [6, 6.07) is 5.40. The molecule has 4 heteroatoms. The summed E-state index contributed by atoms with van der Waals surface area (Å²) in [5.74, 6) is -0.964. The first-order valence-electron chi connectivity index (χ1n) is 4.37. The maximum absolute atomic E-state index is 10.3. The van der Waals surface area contributed by atoms with Gasteiger partial charge in [0.15, 0.2) is 0 Å². The summed E-state index contributed by atoms with van der Waals surface area (Å²) in [6.07, 6.45) is 5.84. The second kappa shape index (κ2) is 3.88. The first kappa shape index (κ1) is 9.33. The van der Waals surface area contributed by atoms with Crippen molar-refractivity contribution in [3.8, 4) is 0 Å². The van der Waals surface area contributed by atoms with Gasteiger partial charge in [0.1, 0.15) is 0 Å². The molecule has 0 atom stereocenters. The number of carboxylic acid groups (broad SMARTS) is 1. The van der Waals surface area contributed by atoms with Crippen LogP contribution in [0.3, 0.4) is 0 Å². The molecule has 0 saturated heterocycles. The van der Waals surface area contributed by atoms with Crippen molar-refractivity contribution in [3.63, 3.8) is 0 Å². The van der Waals surface area contributed by atoms with Crippen molar-refractivity contribution >= 4 is 23.1 Å². The van der Waals surface area contributed by atoms with Crippen molar-refractivity contribution < 1.29 is 9.90 Å². The van der Waals surface area contributed by atoms with Gasteiger partial charge in [0.25, 0.3) is 0 Å². The van der Waals surface area contributed by atoms with Gasteiger partial charge in [0, 0.05) is 18.5 Å². The molecular weight excluding hydrogens is 192 g/mol. The van der Waals surface area contributed by atoms with Crippen molar-refractivity contribution in [1.82, 2.24) is 9.97 Å². The molecule has 0 saturated carbocycles. The van der Waals surface area contributed by atoms with E-state index in [1.807, 2.05) is 6.07 Å². The number of benzene rings is 1. The fraction of sp³-hybridized carbons (Fsp3) is 0. The number of hydrogen-bond donors (Lipinski definition) is 1. The highest BCUT2D eigenvalue weighted by Gasteiger charge is 1.95. The van der Waals surface area contributed by atoms with Gasteiger partial charge in [0.05, 0.1) is 11.0 Å². The highest BCUT2D eigenvalue weighted by atomic mass is 16.4. The molecule has 0 amide bonds. The van der Waals surface area contributed by atoms with Crippen LogP contribution in [-0.2, 0) is 4.79 Å². The zero-order chi connectivity index (χ0) is 10.7. The third-order valence-corrected chi connectivity index (χ3v) is 1.91. The van der Waals surface area contributed by atoms with Crippen LogP contribution >= 0.6 is 0 Å². The second-order valence-electron chi connectivity index (χ2n) is 2.98. The molecule has 0 aliphatic rings. The maximum atomic E-state index is 10.3. The summed E-state index contributed by atoms with van der Waals surface area (Å²) < 4.78 is 0. The van der Waals surface area contributed by atoms with Gasteiger partial charge in [-0.25, -0.2) is 4.79 Å². The molecule has 0 bridgehead atoms. The highest BCUT2D eigenvalue weighted by Crippen LogP contribution is 2.11. The van der Waals surface area contributed by atoms with Gasteiger partial charge in [-0.05, 0) is 23.8 Å². The van der Waals surface area contributed by atoms with E-state index in [0.29, 0.717) is 0 Å². The summed E-state index contributed by atoms with van der Waals surface area (Å²) in [5.41, 5.74) is 2.35. The van der Waals surface area contributed by atoms with E-state index < -0.39 is 5.97 Å². The fourth-order valence-electron chi connectivity index (χ4n) is 1.25. The van der Waals surface area contributed by atoms with Crippen LogP contribution in [0.15, 0.2) is 36.7 Å². The molecule has 4 nitrogen and oxygen atoms in total. The van der Waals surface area contributed by atoms with Crippen molar-refractivity contribution in [2.24, 2.45) is 0 Å². The zero-order valence-electron chi connectivity index (χ0n) is 7.79. The Bertz CT molecular complexity index is 535. The van der Waals surface area contributed by atoms with Gasteiger partial charge in [-0.1, -0.05) is 6.07 Å². The molecule has 0 aliphatic carbocycles. The van der Waals surface area contributed by atoms with Crippen molar-refractivity contribution in [1.29, 1.82) is 0 Å². The molecule has 0 radical (unpaired) electrons. The Hall–Kier alpha value is -2.23. The van der Waals surface area contributed by atoms with Gasteiger partial charge >= 0.3 is 5.97 Å². The summed E-state index contributed by atoms with van der Waals surface area (Å²) in [4.78, 5) is 18.6. The minimum atomic E-state index is -0.964. The number of aromatic nitrogens is 2. The van der Waals surface area contributed by atoms with Crippen LogP contribution in [0.5, 0.6) is 0 Å². The van der Waals surface area contributed by atoms with Crippen LogP contribution in [0.4, 0.5) is 0 Å². The first-order valence-corrected chi connectivity index (χ1v) is 4.37. The van der Waals surface area contributed by atoms with E-state index in [9.17, 15) is 4.79 Å². The molecule has 74 valence electrons. The molecule has 1 N–H and O–H groups in total. The van der Waals surface area contributed by atoms with E-state index in [1.165, 1.54) is 6.08 Å². The molecule has 1 aromatic heterocycles. The number of nitrogens with zero attached hydrogens (tertiary/aromatic N) is 2. The maximum Gasteiger partial charge on any atom is 0.328 e. The van der Waals surface area contributed by atoms with Crippen LogP contribution < -0.4 is 0 Å². The number of fused-ring (bicyclic) bond motifs is 1. The Morgan fingerprint density at radius 1 is 1.20 bits per heavy atom. The van der Waals surface area contributed by atoms with E-state index >= 15 is 0 Å². The topological polar surface area (TPSA) is 63.1 Å². The highest BCUT2D eigenvalue weighted by molar-refractivity contribution is 5.86. The van der Waals surface area contributed by atoms with Crippen molar-refractivity contribution in [3.05, 3.63) is 42.2 Å². The lowest BCUT2D eigenvalue weighted by Gasteiger charge is -1.96. The normalized spacial score (nSPS) is 10.9. The van der Waals surface area contributed by atoms with Crippen molar-refractivity contribution in [2.45, 2.75) is 0 Å². The largest absolute Gasteiger partial charge is 0.478 e. The zero-order valence-corrected chi connectivity index (χ0v) is 7.79. The molecule has 2 rings (SSSR count). The monoisotopic (exact) mass is 200 g/mol. The number of carboxylic acids is 1. The Morgan fingerprint density at radius 3 is 2.67 bits per heavy atom. The number of aliphatic carboxylic acids is 1. The minimum absolute atomic E-state index is 0.755. The Kier molecular flexibility index (Phi) is 2.41. The molecular formula is C11H8N2O2. The van der Waals surface area contributed by atoms with E-state index in [-0.39, 0.29) is 0 Å². The quantitative estimate of drug-likeness (QED) is 0.750. The lowest BCUT2D eigenvalue weighted by Crippen LogP contribution is -1.86. The van der Waals surface area contributed by atoms with Gasteiger partial charge in [-0.2, -0.15) is 0 Å². The van der Waals surface area contributed by atoms with Crippen molar-refractivity contribution in [2.75, 3.05) is 0 Å². The van der Waals surface area contributed by atoms with Gasteiger partial charge < -0.3 is 5.11 Å². The molecule has 0 spiro atoms. The Labute approximate surface area is 85.9 Å². The molecule has 2 aromatic rings. The van der Waals surface area contributed by atoms with E-state index in [2.05, 4.69) is 9.97 Å². The van der Waals surface area contributed by atoms with Crippen LogP contribution in [0.25, 0.3) is 17.1 Å². The molecule has 15 heavy (non-hydrogen) atoms. The van der Waals surface area contributed by atoms with E-state index in [4.69, 9.17) is 5.11 Å². The lowest BCUT2D eigenvalue weighted by atomic mass is 10.2. The second-order valence-corrected chi connectivity index (χ2v) is 2.98. The molecule has 1 heterocycles. The summed E-state index contributed by atoms with van der Waals surface area (Å²) in [6.45, 7) is 0. The third-order valence-electron chi connectivity index (χ3n) is 1.91. The van der Waals surface area contributed by atoms with Gasteiger partial charge in [-0.3, -0.25) is 9.97 Å². The summed E-state index contributed by atoms with van der Waals surface area (Å²) in [5, 5.41) is 8.47. The average Bonchev–Trinajstić information content (AvgIpc) is 2.26. The van der Waals surface area contributed by atoms with Crippen LogP contribution in [0.1, 0.15) is 5.56 Å². The SMILES string of the molecule is O=C(O)C=Cc1ccc2nccnc2c1. The molecule has 0 fully saturated rings. The minimum Gasteiger partial charge on any atom is -0.478 e. The van der Waals surface area contributed by atoms with Crippen LogP contribution in [0.2, 0.25) is 0 Å². The fourth-order valence-corrected chi connectivity index (χ4v) is 1.25. The lowest BCUT2D eigenvalue weighted by molar-refractivity contribution is -0.131. The first-order chi connectivity index (χ1) is 7.25. The molecule has 1 aromatic carbocycles. The predicted octanol–water partition coefficient (Wildman–Crippen LogP) is 1.73.